The molecule has 1 N–H and O–H groups in total. The average Bonchev–Trinajstić information content (AvgIpc) is 2.35. The van der Waals surface area contributed by atoms with Crippen LogP contribution in [0.3, 0.4) is 0 Å². The Morgan fingerprint density at radius 2 is 1.76 bits per heavy atom. The van der Waals surface area contributed by atoms with E-state index in [1.807, 2.05) is 0 Å². The van der Waals surface area contributed by atoms with E-state index in [9.17, 15) is 0 Å². The molecule has 0 aliphatic heterocycles. The quantitative estimate of drug-likeness (QED) is 0.710. The van der Waals surface area contributed by atoms with Crippen molar-refractivity contribution in [1.82, 2.24) is 5.32 Å². The highest BCUT2D eigenvalue weighted by atomic mass is 79.9. The Balaban J connectivity index is 1.95. The van der Waals surface area contributed by atoms with E-state index < -0.39 is 0 Å². The van der Waals surface area contributed by atoms with Crippen molar-refractivity contribution >= 4 is 15.9 Å². The fourth-order valence-electron chi connectivity index (χ4n) is 1.39. The SMILES string of the molecule is COCCNCCOCCc1ccc(Br)cc1. The van der Waals surface area contributed by atoms with Crippen LogP contribution in [0.5, 0.6) is 0 Å². The minimum absolute atomic E-state index is 0.749. The molecule has 4 heteroatoms. The van der Waals surface area contributed by atoms with Gasteiger partial charge in [-0.1, -0.05) is 28.1 Å². The van der Waals surface area contributed by atoms with E-state index in [-0.39, 0.29) is 0 Å². The predicted octanol–water partition coefficient (Wildman–Crippen LogP) is 2.24. The van der Waals surface area contributed by atoms with E-state index in [0.29, 0.717) is 0 Å². The molecular formula is C13H20BrNO2. The van der Waals surface area contributed by atoms with Crippen LogP contribution in [-0.4, -0.2) is 40.0 Å². The number of ether oxygens (including phenoxy) is 2. The van der Waals surface area contributed by atoms with E-state index in [1.165, 1.54) is 5.56 Å². The first kappa shape index (κ1) is 14.6. The zero-order valence-electron chi connectivity index (χ0n) is 10.2. The topological polar surface area (TPSA) is 30.5 Å². The van der Waals surface area contributed by atoms with Gasteiger partial charge in [0.15, 0.2) is 0 Å². The van der Waals surface area contributed by atoms with E-state index in [4.69, 9.17) is 9.47 Å². The summed E-state index contributed by atoms with van der Waals surface area (Å²) in [6.07, 6.45) is 0.964. The van der Waals surface area contributed by atoms with Gasteiger partial charge in [0.1, 0.15) is 0 Å². The fourth-order valence-corrected chi connectivity index (χ4v) is 1.65. The van der Waals surface area contributed by atoms with Crippen molar-refractivity contribution < 1.29 is 9.47 Å². The van der Waals surface area contributed by atoms with Gasteiger partial charge in [0, 0.05) is 24.7 Å². The lowest BCUT2D eigenvalue weighted by Crippen LogP contribution is -2.23. The van der Waals surface area contributed by atoms with Gasteiger partial charge in [-0.3, -0.25) is 0 Å². The molecule has 0 bridgehead atoms. The van der Waals surface area contributed by atoms with Gasteiger partial charge in [0.05, 0.1) is 19.8 Å². The van der Waals surface area contributed by atoms with Crippen LogP contribution in [0.25, 0.3) is 0 Å². The first-order valence-electron chi connectivity index (χ1n) is 5.85. The molecule has 0 radical (unpaired) electrons. The molecule has 0 spiro atoms. The van der Waals surface area contributed by atoms with Gasteiger partial charge >= 0.3 is 0 Å². The maximum Gasteiger partial charge on any atom is 0.0591 e. The third-order valence-corrected chi connectivity index (χ3v) is 2.88. The summed E-state index contributed by atoms with van der Waals surface area (Å²) in [5.74, 6) is 0. The molecule has 3 nitrogen and oxygen atoms in total. The zero-order chi connectivity index (χ0) is 12.3. The minimum Gasteiger partial charge on any atom is -0.383 e. The molecule has 1 aromatic rings. The molecule has 0 aliphatic rings. The van der Waals surface area contributed by atoms with Crippen LogP contribution >= 0.6 is 15.9 Å². The van der Waals surface area contributed by atoms with Crippen LogP contribution in [-0.2, 0) is 15.9 Å². The zero-order valence-corrected chi connectivity index (χ0v) is 11.8. The van der Waals surface area contributed by atoms with E-state index >= 15 is 0 Å². The number of benzene rings is 1. The van der Waals surface area contributed by atoms with Crippen LogP contribution in [0, 0.1) is 0 Å². The van der Waals surface area contributed by atoms with Crippen LogP contribution in [0.2, 0.25) is 0 Å². The van der Waals surface area contributed by atoms with Crippen molar-refractivity contribution in [2.75, 3.05) is 40.0 Å². The van der Waals surface area contributed by atoms with E-state index in [0.717, 1.165) is 43.8 Å². The monoisotopic (exact) mass is 301 g/mol. The van der Waals surface area contributed by atoms with Crippen molar-refractivity contribution in [2.24, 2.45) is 0 Å². The lowest BCUT2D eigenvalue weighted by molar-refractivity contribution is 0.135. The Hall–Kier alpha value is -0.420. The molecular weight excluding hydrogens is 282 g/mol. The summed E-state index contributed by atoms with van der Waals surface area (Å²) in [5, 5.41) is 3.24. The highest BCUT2D eigenvalue weighted by Gasteiger charge is 1.94. The summed E-state index contributed by atoms with van der Waals surface area (Å²) in [4.78, 5) is 0. The summed E-state index contributed by atoms with van der Waals surface area (Å²) in [6.45, 7) is 4.03. The molecule has 0 saturated heterocycles. The Kier molecular flexibility index (Phi) is 8.26. The largest absolute Gasteiger partial charge is 0.383 e. The Labute approximate surface area is 112 Å². The van der Waals surface area contributed by atoms with Gasteiger partial charge in [-0.05, 0) is 24.1 Å². The molecule has 0 aliphatic carbocycles. The second-order valence-electron chi connectivity index (χ2n) is 3.73. The summed E-state index contributed by atoms with van der Waals surface area (Å²) >= 11 is 3.42. The number of rotatable bonds is 9. The van der Waals surface area contributed by atoms with Crippen molar-refractivity contribution in [2.45, 2.75) is 6.42 Å². The number of halogens is 1. The first-order chi connectivity index (χ1) is 8.33. The third kappa shape index (κ3) is 7.49. The Morgan fingerprint density at radius 1 is 1.06 bits per heavy atom. The Morgan fingerprint density at radius 3 is 2.47 bits per heavy atom. The van der Waals surface area contributed by atoms with Crippen molar-refractivity contribution in [3.63, 3.8) is 0 Å². The second-order valence-corrected chi connectivity index (χ2v) is 4.65. The lowest BCUT2D eigenvalue weighted by Gasteiger charge is -2.06. The Bertz CT molecular complexity index is 290. The van der Waals surface area contributed by atoms with Crippen molar-refractivity contribution in [3.05, 3.63) is 34.3 Å². The van der Waals surface area contributed by atoms with Crippen LogP contribution < -0.4 is 5.32 Å². The molecule has 0 heterocycles. The summed E-state index contributed by atoms with van der Waals surface area (Å²) in [6, 6.07) is 8.35. The second kappa shape index (κ2) is 9.59. The highest BCUT2D eigenvalue weighted by molar-refractivity contribution is 9.10. The molecule has 1 rings (SSSR count). The van der Waals surface area contributed by atoms with E-state index in [2.05, 4.69) is 45.5 Å². The third-order valence-electron chi connectivity index (χ3n) is 2.35. The summed E-state index contributed by atoms with van der Waals surface area (Å²) < 4.78 is 11.6. The van der Waals surface area contributed by atoms with Crippen LogP contribution in [0.15, 0.2) is 28.7 Å². The number of methoxy groups -OCH3 is 1. The van der Waals surface area contributed by atoms with Crippen molar-refractivity contribution in [1.29, 1.82) is 0 Å². The minimum atomic E-state index is 0.749. The van der Waals surface area contributed by atoms with Gasteiger partial charge in [-0.2, -0.15) is 0 Å². The molecule has 0 saturated carbocycles. The maximum atomic E-state index is 5.53. The number of nitrogens with one attached hydrogen (secondary N) is 1. The average molecular weight is 302 g/mol. The molecule has 96 valence electrons. The summed E-state index contributed by atoms with van der Waals surface area (Å²) in [7, 11) is 1.70. The van der Waals surface area contributed by atoms with Crippen LogP contribution in [0.1, 0.15) is 5.56 Å². The fraction of sp³-hybridized carbons (Fsp3) is 0.538. The van der Waals surface area contributed by atoms with Gasteiger partial charge in [0.25, 0.3) is 0 Å². The number of hydrogen-bond acceptors (Lipinski definition) is 3. The van der Waals surface area contributed by atoms with Crippen molar-refractivity contribution in [3.8, 4) is 0 Å². The molecule has 0 unspecified atom stereocenters. The van der Waals surface area contributed by atoms with Gasteiger partial charge in [-0.15, -0.1) is 0 Å². The molecule has 0 fully saturated rings. The highest BCUT2D eigenvalue weighted by Crippen LogP contribution is 2.10. The van der Waals surface area contributed by atoms with Crippen LogP contribution in [0.4, 0.5) is 0 Å². The standard InChI is InChI=1S/C13H20BrNO2/c1-16-10-7-15-8-11-17-9-6-12-2-4-13(14)5-3-12/h2-5,15H,6-11H2,1H3. The number of hydrogen-bond donors (Lipinski definition) is 1. The smallest absolute Gasteiger partial charge is 0.0591 e. The first-order valence-corrected chi connectivity index (χ1v) is 6.64. The molecule has 1 aromatic carbocycles. The predicted molar refractivity (Wildman–Crippen MR) is 73.4 cm³/mol. The molecule has 0 amide bonds. The maximum absolute atomic E-state index is 5.53. The van der Waals surface area contributed by atoms with E-state index in [1.54, 1.807) is 7.11 Å². The van der Waals surface area contributed by atoms with Gasteiger partial charge < -0.3 is 14.8 Å². The normalized spacial score (nSPS) is 10.7. The van der Waals surface area contributed by atoms with Gasteiger partial charge in [0.2, 0.25) is 0 Å². The van der Waals surface area contributed by atoms with Gasteiger partial charge in [-0.25, -0.2) is 0 Å². The molecule has 17 heavy (non-hydrogen) atoms. The molecule has 0 atom stereocenters. The lowest BCUT2D eigenvalue weighted by atomic mass is 10.2. The molecule has 0 aromatic heterocycles. The summed E-state index contributed by atoms with van der Waals surface area (Å²) in [5.41, 5.74) is 1.31.